The van der Waals surface area contributed by atoms with E-state index in [0.29, 0.717) is 31.6 Å². The monoisotopic (exact) mass is 1380 g/mol. The van der Waals surface area contributed by atoms with Crippen molar-refractivity contribution >= 4 is 39.5 Å². The predicted molar refractivity (Wildman–Crippen MR) is 381 cm³/mol. The molecule has 0 fully saturated rings. The highest BCUT2D eigenvalue weighted by molar-refractivity contribution is 7.47. The summed E-state index contributed by atoms with van der Waals surface area (Å²) in [6.07, 6.45) is 48.8. The number of hydrogen-bond donors (Lipinski definition) is 3. The molecule has 0 radical (unpaired) electrons. The Labute approximate surface area is 575 Å². The fourth-order valence-electron chi connectivity index (χ4n) is 11.3. The van der Waals surface area contributed by atoms with Crippen molar-refractivity contribution in [2.75, 3.05) is 39.6 Å². The third-order valence-electron chi connectivity index (χ3n) is 17.7. The summed E-state index contributed by atoms with van der Waals surface area (Å²) in [5, 5.41) is 10.6. The van der Waals surface area contributed by atoms with Gasteiger partial charge in [0.2, 0.25) is 0 Å². The van der Waals surface area contributed by atoms with Crippen molar-refractivity contribution in [1.29, 1.82) is 0 Å². The molecule has 3 N–H and O–H groups in total. The van der Waals surface area contributed by atoms with E-state index >= 15 is 0 Å². The van der Waals surface area contributed by atoms with Gasteiger partial charge in [0, 0.05) is 25.7 Å². The normalized spacial score (nSPS) is 14.4. The van der Waals surface area contributed by atoms with Crippen LogP contribution in [0.15, 0.2) is 0 Å². The maximum Gasteiger partial charge on any atom is 0.472 e. The molecule has 94 heavy (non-hydrogen) atoms. The van der Waals surface area contributed by atoms with E-state index in [-0.39, 0.29) is 25.7 Å². The summed E-state index contributed by atoms with van der Waals surface area (Å²) in [4.78, 5) is 72.7. The molecular weight excluding hydrogens is 1230 g/mol. The van der Waals surface area contributed by atoms with E-state index < -0.39 is 97.5 Å². The molecule has 0 saturated heterocycles. The van der Waals surface area contributed by atoms with E-state index in [1.807, 2.05) is 0 Å². The fraction of sp³-hybridized carbons (Fsp3) is 0.947. The number of phosphoric ester groups is 2. The Kier molecular flexibility index (Phi) is 63.1. The molecule has 3 unspecified atom stereocenters. The van der Waals surface area contributed by atoms with Crippen LogP contribution in [0.5, 0.6) is 0 Å². The summed E-state index contributed by atoms with van der Waals surface area (Å²) >= 11 is 0. The molecule has 6 atom stereocenters. The zero-order chi connectivity index (χ0) is 69.6. The number of hydrogen-bond acceptors (Lipinski definition) is 15. The molecule has 0 aromatic rings. The first kappa shape index (κ1) is 92.1. The van der Waals surface area contributed by atoms with E-state index in [0.717, 1.165) is 120 Å². The van der Waals surface area contributed by atoms with Crippen LogP contribution in [-0.4, -0.2) is 96.7 Å². The number of ether oxygens (including phenoxy) is 4. The van der Waals surface area contributed by atoms with Crippen molar-refractivity contribution in [2.24, 2.45) is 23.7 Å². The summed E-state index contributed by atoms with van der Waals surface area (Å²) in [7, 11) is -9.91. The zero-order valence-corrected chi connectivity index (χ0v) is 63.4. The lowest BCUT2D eigenvalue weighted by Crippen LogP contribution is -2.30. The third-order valence-corrected chi connectivity index (χ3v) is 19.6. The average molecular weight is 1380 g/mol. The van der Waals surface area contributed by atoms with Crippen molar-refractivity contribution < 1.29 is 80.2 Å². The minimum atomic E-state index is -4.96. The second kappa shape index (κ2) is 64.4. The lowest BCUT2D eigenvalue weighted by molar-refractivity contribution is -0.161. The third kappa shape index (κ3) is 67.3. The van der Waals surface area contributed by atoms with E-state index in [4.69, 9.17) is 37.0 Å². The topological polar surface area (TPSA) is 237 Å². The molecule has 19 heteroatoms. The molecule has 558 valence electrons. The number of rotatable bonds is 72. The molecule has 0 aliphatic heterocycles. The second-order valence-corrected chi connectivity index (χ2v) is 31.6. The maximum absolute atomic E-state index is 13.1. The highest BCUT2D eigenvalue weighted by Gasteiger charge is 2.30. The molecule has 0 aliphatic carbocycles. The Bertz CT molecular complexity index is 1850. The van der Waals surface area contributed by atoms with Crippen LogP contribution in [0.25, 0.3) is 0 Å². The molecule has 0 bridgehead atoms. The van der Waals surface area contributed by atoms with Gasteiger partial charge in [0.25, 0.3) is 0 Å². The predicted octanol–water partition coefficient (Wildman–Crippen LogP) is 21.7. The van der Waals surface area contributed by atoms with Gasteiger partial charge in [-0.25, -0.2) is 9.13 Å². The Morgan fingerprint density at radius 3 is 0.755 bits per heavy atom. The fourth-order valence-corrected chi connectivity index (χ4v) is 12.9. The second-order valence-electron chi connectivity index (χ2n) is 28.7. The molecule has 0 rings (SSSR count). The minimum absolute atomic E-state index is 0.106. The van der Waals surface area contributed by atoms with Crippen LogP contribution < -0.4 is 0 Å². The van der Waals surface area contributed by atoms with Crippen molar-refractivity contribution in [2.45, 2.75) is 395 Å². The van der Waals surface area contributed by atoms with Gasteiger partial charge in [-0.2, -0.15) is 0 Å². The molecule has 0 aromatic heterocycles. The van der Waals surface area contributed by atoms with Crippen molar-refractivity contribution in [1.82, 2.24) is 0 Å². The van der Waals surface area contributed by atoms with Gasteiger partial charge in [-0.15, -0.1) is 0 Å². The molecule has 0 amide bonds. The van der Waals surface area contributed by atoms with Gasteiger partial charge >= 0.3 is 39.5 Å². The zero-order valence-electron chi connectivity index (χ0n) is 61.6. The average Bonchev–Trinajstić information content (AvgIpc) is 1.56. The Hall–Kier alpha value is -1.94. The Morgan fingerprint density at radius 2 is 0.511 bits per heavy atom. The number of unbranched alkanes of at least 4 members (excludes halogenated alkanes) is 37. The van der Waals surface area contributed by atoms with Crippen LogP contribution in [0.4, 0.5) is 0 Å². The number of aliphatic hydroxyl groups excluding tert-OH is 1. The molecule has 0 aliphatic rings. The molecule has 0 saturated carbocycles. The van der Waals surface area contributed by atoms with Gasteiger partial charge in [-0.3, -0.25) is 37.3 Å². The number of carbonyl (C=O) groups is 4. The lowest BCUT2D eigenvalue weighted by Gasteiger charge is -2.21. The number of esters is 4. The van der Waals surface area contributed by atoms with Crippen molar-refractivity contribution in [3.8, 4) is 0 Å². The molecular formula is C75H146O17P2. The lowest BCUT2D eigenvalue weighted by atomic mass is 10.00. The quantitative estimate of drug-likeness (QED) is 0.0222. The molecule has 0 spiro atoms. The first-order chi connectivity index (χ1) is 45.1. The summed E-state index contributed by atoms with van der Waals surface area (Å²) in [6, 6.07) is 0. The summed E-state index contributed by atoms with van der Waals surface area (Å²) < 4.78 is 68.4. The van der Waals surface area contributed by atoms with Crippen LogP contribution in [0, 0.1) is 23.7 Å². The minimum Gasteiger partial charge on any atom is -0.462 e. The van der Waals surface area contributed by atoms with Gasteiger partial charge in [0.05, 0.1) is 26.4 Å². The van der Waals surface area contributed by atoms with Gasteiger partial charge in [-0.05, 0) is 49.4 Å². The summed E-state index contributed by atoms with van der Waals surface area (Å²) in [5.41, 5.74) is 0. The van der Waals surface area contributed by atoms with E-state index in [2.05, 4.69) is 55.4 Å². The largest absolute Gasteiger partial charge is 0.472 e. The van der Waals surface area contributed by atoms with Crippen LogP contribution >= 0.6 is 15.6 Å². The number of carbonyl (C=O) groups excluding carboxylic acids is 4. The van der Waals surface area contributed by atoms with Crippen molar-refractivity contribution in [3.63, 3.8) is 0 Å². The first-order valence-electron chi connectivity index (χ1n) is 38.7. The molecule has 17 nitrogen and oxygen atoms in total. The Balaban J connectivity index is 5.19. The van der Waals surface area contributed by atoms with Crippen LogP contribution in [-0.2, 0) is 65.4 Å². The maximum atomic E-state index is 13.1. The summed E-state index contributed by atoms with van der Waals surface area (Å²) in [6.45, 7) is 14.1. The van der Waals surface area contributed by atoms with Gasteiger partial charge in [0.1, 0.15) is 19.3 Å². The van der Waals surface area contributed by atoms with E-state index in [9.17, 15) is 43.2 Å². The standard InChI is InChI=1S/C75H146O17P2/c1-9-68(8)54-46-38-32-34-40-48-56-73(78)86-62-71(92-75(80)57-49-41-29-25-21-17-13-11-10-12-15-19-23-27-35-43-51-65(2)3)64-90-94(83,84)88-60-69(76)59-87-93(81,82)89-63-70(61-85-72(77)55-47-39-33-31-37-45-53-67(6)7)91-74(79)58-50-42-30-26-22-18-14-16-20-24-28-36-44-52-66(4)5/h65-71,76H,9-64H2,1-8H3,(H,81,82)(H,83,84)/t68?,69-,70-,71-/m1/s1. The van der Waals surface area contributed by atoms with E-state index in [1.54, 1.807) is 0 Å². The van der Waals surface area contributed by atoms with Crippen LogP contribution in [0.3, 0.4) is 0 Å². The number of phosphoric acid groups is 2. The van der Waals surface area contributed by atoms with Gasteiger partial charge < -0.3 is 33.8 Å². The van der Waals surface area contributed by atoms with E-state index in [1.165, 1.54) is 167 Å². The highest BCUT2D eigenvalue weighted by Crippen LogP contribution is 2.45. The smallest absolute Gasteiger partial charge is 0.462 e. The van der Waals surface area contributed by atoms with Crippen LogP contribution in [0.2, 0.25) is 0 Å². The SMILES string of the molecule is CCC(C)CCCCCCCCC(=O)OC[C@H](COP(=O)(O)OC[C@H](O)COP(=O)(O)OC[C@@H](COC(=O)CCCCCCCCC(C)C)OC(=O)CCCCCCCCCCCCCCCC(C)C)OC(=O)CCCCCCCCCCCCCCCCCCC(C)C. The molecule has 0 aromatic carbocycles. The first-order valence-corrected chi connectivity index (χ1v) is 41.7. The van der Waals surface area contributed by atoms with Gasteiger partial charge in [-0.1, -0.05) is 325 Å². The highest BCUT2D eigenvalue weighted by atomic mass is 31.2. The van der Waals surface area contributed by atoms with Crippen molar-refractivity contribution in [3.05, 3.63) is 0 Å². The Morgan fingerprint density at radius 1 is 0.298 bits per heavy atom. The van der Waals surface area contributed by atoms with Crippen LogP contribution in [0.1, 0.15) is 376 Å². The van der Waals surface area contributed by atoms with Gasteiger partial charge in [0.15, 0.2) is 12.2 Å². The number of aliphatic hydroxyl groups is 1. The molecule has 0 heterocycles. The summed E-state index contributed by atoms with van der Waals surface area (Å²) in [5.74, 6) is 0.881.